The van der Waals surface area contributed by atoms with E-state index in [0.717, 1.165) is 11.1 Å². The van der Waals surface area contributed by atoms with Crippen LogP contribution in [0.2, 0.25) is 0 Å². The van der Waals surface area contributed by atoms with Gasteiger partial charge in [-0.15, -0.1) is 0 Å². The largest absolute Gasteiger partial charge is 0.478 e. The number of nitrogens with zero attached hydrogens (tertiary/aromatic N) is 1. The van der Waals surface area contributed by atoms with E-state index in [0.29, 0.717) is 13.1 Å². The van der Waals surface area contributed by atoms with E-state index in [1.807, 2.05) is 42.2 Å². The number of ether oxygens (including phenoxy) is 1. The molecule has 1 aliphatic rings. The Hall–Kier alpha value is -2.66. The van der Waals surface area contributed by atoms with Crippen molar-refractivity contribution >= 4 is 11.9 Å². The molecule has 1 heterocycles. The summed E-state index contributed by atoms with van der Waals surface area (Å²) < 4.78 is 5.99. The third-order valence-corrected chi connectivity index (χ3v) is 4.34. The lowest BCUT2D eigenvalue weighted by atomic mass is 10.0. The van der Waals surface area contributed by atoms with Crippen LogP contribution in [0.5, 0.6) is 0 Å². The fourth-order valence-electron chi connectivity index (χ4n) is 3.06. The van der Waals surface area contributed by atoms with Gasteiger partial charge in [-0.3, -0.25) is 4.79 Å². The Kier molecular flexibility index (Phi) is 5.14. The molecule has 3 rings (SSSR count). The maximum Gasteiger partial charge on any atom is 0.335 e. The van der Waals surface area contributed by atoms with Crippen molar-refractivity contribution in [3.63, 3.8) is 0 Å². The summed E-state index contributed by atoms with van der Waals surface area (Å²) in [6, 6.07) is 16.4. The quantitative estimate of drug-likeness (QED) is 0.930. The molecule has 1 saturated heterocycles. The van der Waals surface area contributed by atoms with Crippen LogP contribution in [0.1, 0.15) is 34.5 Å². The monoisotopic (exact) mass is 339 g/mol. The minimum atomic E-state index is -0.967. The van der Waals surface area contributed by atoms with Crippen molar-refractivity contribution < 1.29 is 19.4 Å². The molecule has 0 radical (unpaired) electrons. The Morgan fingerprint density at radius 2 is 1.76 bits per heavy atom. The van der Waals surface area contributed by atoms with Crippen molar-refractivity contribution in [2.24, 2.45) is 0 Å². The van der Waals surface area contributed by atoms with Gasteiger partial charge in [0.15, 0.2) is 0 Å². The molecule has 1 amide bonds. The van der Waals surface area contributed by atoms with Crippen LogP contribution in [0.3, 0.4) is 0 Å². The number of carboxylic acid groups (broad SMARTS) is 1. The maximum atomic E-state index is 12.7. The molecule has 1 aliphatic heterocycles. The van der Waals surface area contributed by atoms with Crippen molar-refractivity contribution in [2.75, 3.05) is 13.1 Å². The molecule has 0 aromatic heterocycles. The number of amides is 1. The average Bonchev–Trinajstić information content (AvgIpc) is 2.62. The Morgan fingerprint density at radius 1 is 1.08 bits per heavy atom. The van der Waals surface area contributed by atoms with Crippen LogP contribution in [-0.4, -0.2) is 41.1 Å². The van der Waals surface area contributed by atoms with Crippen molar-refractivity contribution in [2.45, 2.75) is 25.6 Å². The fraction of sp³-hybridized carbons (Fsp3) is 0.300. The SMILES string of the molecule is C[C@H]1CN(C(=O)Cc2ccc(C(=O)O)cc2)C[C@@H](c2ccccc2)O1. The summed E-state index contributed by atoms with van der Waals surface area (Å²) in [6.07, 6.45) is 0.106. The molecule has 130 valence electrons. The zero-order valence-corrected chi connectivity index (χ0v) is 14.1. The molecule has 0 bridgehead atoms. The van der Waals surface area contributed by atoms with Gasteiger partial charge in [0.25, 0.3) is 0 Å². The maximum absolute atomic E-state index is 12.7. The van der Waals surface area contributed by atoms with Crippen LogP contribution < -0.4 is 0 Å². The molecule has 0 aliphatic carbocycles. The number of rotatable bonds is 4. The first-order valence-electron chi connectivity index (χ1n) is 8.33. The fourth-order valence-corrected chi connectivity index (χ4v) is 3.06. The summed E-state index contributed by atoms with van der Waals surface area (Å²) in [7, 11) is 0. The molecule has 2 aromatic rings. The van der Waals surface area contributed by atoms with Gasteiger partial charge in [0.05, 0.1) is 24.6 Å². The van der Waals surface area contributed by atoms with Gasteiger partial charge < -0.3 is 14.7 Å². The minimum Gasteiger partial charge on any atom is -0.478 e. The third kappa shape index (κ3) is 4.25. The van der Waals surface area contributed by atoms with E-state index in [1.54, 1.807) is 12.1 Å². The zero-order valence-electron chi connectivity index (χ0n) is 14.1. The second-order valence-electron chi connectivity index (χ2n) is 6.32. The highest BCUT2D eigenvalue weighted by Crippen LogP contribution is 2.25. The van der Waals surface area contributed by atoms with Gasteiger partial charge in [-0.2, -0.15) is 0 Å². The third-order valence-electron chi connectivity index (χ3n) is 4.34. The van der Waals surface area contributed by atoms with Gasteiger partial charge in [-0.1, -0.05) is 42.5 Å². The number of hydrogen-bond donors (Lipinski definition) is 1. The van der Waals surface area contributed by atoms with Crippen LogP contribution in [0.25, 0.3) is 0 Å². The highest BCUT2D eigenvalue weighted by Gasteiger charge is 2.29. The second-order valence-corrected chi connectivity index (χ2v) is 6.32. The number of benzene rings is 2. The molecule has 1 fully saturated rings. The van der Waals surface area contributed by atoms with Crippen LogP contribution in [-0.2, 0) is 16.0 Å². The van der Waals surface area contributed by atoms with Crippen molar-refractivity contribution in [3.8, 4) is 0 Å². The summed E-state index contributed by atoms with van der Waals surface area (Å²) in [5, 5.41) is 8.94. The number of aromatic carboxylic acids is 1. The van der Waals surface area contributed by atoms with Crippen molar-refractivity contribution in [3.05, 3.63) is 71.3 Å². The summed E-state index contributed by atoms with van der Waals surface area (Å²) in [6.45, 7) is 3.06. The molecule has 25 heavy (non-hydrogen) atoms. The first-order chi connectivity index (χ1) is 12.0. The number of hydrogen-bond acceptors (Lipinski definition) is 3. The van der Waals surface area contributed by atoms with Crippen molar-refractivity contribution in [1.29, 1.82) is 0 Å². The molecule has 5 nitrogen and oxygen atoms in total. The van der Waals surface area contributed by atoms with E-state index >= 15 is 0 Å². The molecule has 5 heteroatoms. The molecule has 0 unspecified atom stereocenters. The van der Waals surface area contributed by atoms with Crippen LogP contribution in [0.4, 0.5) is 0 Å². The Bertz CT molecular complexity index is 742. The molecular formula is C20H21NO4. The minimum absolute atomic E-state index is 0.0270. The van der Waals surface area contributed by atoms with Crippen molar-refractivity contribution in [1.82, 2.24) is 4.90 Å². The van der Waals surface area contributed by atoms with Gasteiger partial charge >= 0.3 is 5.97 Å². The van der Waals surface area contributed by atoms with E-state index in [1.165, 1.54) is 12.1 Å². The van der Waals surface area contributed by atoms with E-state index in [-0.39, 0.29) is 30.1 Å². The summed E-state index contributed by atoms with van der Waals surface area (Å²) >= 11 is 0. The van der Waals surface area contributed by atoms with E-state index in [2.05, 4.69) is 0 Å². The summed E-state index contributed by atoms with van der Waals surface area (Å²) in [5.41, 5.74) is 2.10. The van der Waals surface area contributed by atoms with Gasteiger partial charge in [-0.25, -0.2) is 4.79 Å². The van der Waals surface area contributed by atoms with Crippen LogP contribution >= 0.6 is 0 Å². The van der Waals surface area contributed by atoms with Gasteiger partial charge in [0.1, 0.15) is 6.10 Å². The zero-order chi connectivity index (χ0) is 17.8. The topological polar surface area (TPSA) is 66.8 Å². The first kappa shape index (κ1) is 17.2. The normalized spacial score (nSPS) is 20.3. The molecule has 1 N–H and O–H groups in total. The number of carbonyl (C=O) groups excluding carboxylic acids is 1. The van der Waals surface area contributed by atoms with E-state index in [4.69, 9.17) is 9.84 Å². The highest BCUT2D eigenvalue weighted by atomic mass is 16.5. The Morgan fingerprint density at radius 3 is 2.40 bits per heavy atom. The lowest BCUT2D eigenvalue weighted by Gasteiger charge is -2.37. The molecule has 0 spiro atoms. The second kappa shape index (κ2) is 7.49. The van der Waals surface area contributed by atoms with Gasteiger partial charge in [-0.05, 0) is 30.2 Å². The Labute approximate surface area is 146 Å². The number of morpholine rings is 1. The van der Waals surface area contributed by atoms with E-state index in [9.17, 15) is 9.59 Å². The van der Waals surface area contributed by atoms with E-state index < -0.39 is 5.97 Å². The number of carboxylic acids is 1. The molecule has 0 saturated carbocycles. The predicted molar refractivity (Wildman–Crippen MR) is 93.4 cm³/mol. The van der Waals surface area contributed by atoms with Crippen LogP contribution in [0, 0.1) is 0 Å². The lowest BCUT2D eigenvalue weighted by molar-refractivity contribution is -0.144. The smallest absolute Gasteiger partial charge is 0.335 e. The Balaban J connectivity index is 1.67. The molecular weight excluding hydrogens is 318 g/mol. The average molecular weight is 339 g/mol. The van der Waals surface area contributed by atoms with Gasteiger partial charge in [0.2, 0.25) is 5.91 Å². The van der Waals surface area contributed by atoms with Gasteiger partial charge in [0, 0.05) is 6.54 Å². The van der Waals surface area contributed by atoms with Crippen LogP contribution in [0.15, 0.2) is 54.6 Å². The standard InChI is InChI=1S/C20H21NO4/c1-14-12-21(13-18(25-14)16-5-3-2-4-6-16)19(22)11-15-7-9-17(10-8-15)20(23)24/h2-10,14,18H,11-13H2,1H3,(H,23,24)/t14-,18-/m0/s1. The first-order valence-corrected chi connectivity index (χ1v) is 8.33. The molecule has 2 aromatic carbocycles. The molecule has 2 atom stereocenters. The highest BCUT2D eigenvalue weighted by molar-refractivity contribution is 5.87. The summed E-state index contributed by atoms with van der Waals surface area (Å²) in [4.78, 5) is 25.4. The predicted octanol–water partition coefficient (Wildman–Crippen LogP) is 2.92. The summed E-state index contributed by atoms with van der Waals surface area (Å²) in [5.74, 6) is -0.940. The number of carbonyl (C=O) groups is 2. The lowest BCUT2D eigenvalue weighted by Crippen LogP contribution is -2.46.